The Morgan fingerprint density at radius 1 is 1.21 bits per heavy atom. The van der Waals surface area contributed by atoms with Crippen LogP contribution in [0.15, 0.2) is 52.9 Å². The van der Waals surface area contributed by atoms with Gasteiger partial charge in [0.05, 0.1) is 22.1 Å². The normalized spacial score (nSPS) is 10.6. The lowest BCUT2D eigenvalue weighted by Gasteiger charge is -2.20. The van der Waals surface area contributed by atoms with E-state index in [9.17, 15) is 14.9 Å². The zero-order valence-electron chi connectivity index (χ0n) is 15.0. The van der Waals surface area contributed by atoms with Crippen molar-refractivity contribution >= 4 is 23.2 Å². The summed E-state index contributed by atoms with van der Waals surface area (Å²) in [6, 6.07) is 12.7. The van der Waals surface area contributed by atoms with E-state index in [-0.39, 0.29) is 35.5 Å². The van der Waals surface area contributed by atoms with Crippen LogP contribution < -0.4 is 0 Å². The largest absolute Gasteiger partial charge is 0.419 e. The third-order valence-corrected chi connectivity index (χ3v) is 4.31. The lowest BCUT2D eigenvalue weighted by Crippen LogP contribution is -2.31. The number of hydrogen-bond donors (Lipinski definition) is 0. The molecule has 0 saturated carbocycles. The molecule has 1 aromatic heterocycles. The van der Waals surface area contributed by atoms with Gasteiger partial charge in [-0.25, -0.2) is 0 Å². The van der Waals surface area contributed by atoms with E-state index in [2.05, 4.69) is 10.2 Å². The maximum Gasteiger partial charge on any atom is 0.270 e. The van der Waals surface area contributed by atoms with Crippen LogP contribution in [-0.2, 0) is 6.54 Å². The maximum atomic E-state index is 12.8. The first-order valence-electron chi connectivity index (χ1n) is 8.60. The Bertz CT molecular complexity index is 1000. The van der Waals surface area contributed by atoms with Gasteiger partial charge in [0.25, 0.3) is 11.6 Å². The van der Waals surface area contributed by atoms with Crippen LogP contribution in [0.5, 0.6) is 0 Å². The van der Waals surface area contributed by atoms with Crippen LogP contribution in [-0.4, -0.2) is 32.5 Å². The Morgan fingerprint density at radius 2 is 2.00 bits per heavy atom. The third kappa shape index (κ3) is 4.34. The average molecular weight is 401 g/mol. The van der Waals surface area contributed by atoms with Gasteiger partial charge in [0, 0.05) is 24.2 Å². The molecule has 144 valence electrons. The van der Waals surface area contributed by atoms with Crippen molar-refractivity contribution in [3.63, 3.8) is 0 Å². The van der Waals surface area contributed by atoms with Crippen molar-refractivity contribution in [3.05, 3.63) is 75.1 Å². The fourth-order valence-electron chi connectivity index (χ4n) is 2.68. The molecule has 0 N–H and O–H groups in total. The van der Waals surface area contributed by atoms with Gasteiger partial charge in [-0.1, -0.05) is 36.7 Å². The highest BCUT2D eigenvalue weighted by molar-refractivity contribution is 6.33. The second kappa shape index (κ2) is 8.62. The van der Waals surface area contributed by atoms with Crippen molar-refractivity contribution in [1.29, 1.82) is 0 Å². The van der Waals surface area contributed by atoms with E-state index in [4.69, 9.17) is 16.0 Å². The monoisotopic (exact) mass is 400 g/mol. The van der Waals surface area contributed by atoms with Crippen LogP contribution >= 0.6 is 11.6 Å². The summed E-state index contributed by atoms with van der Waals surface area (Å²) in [6.07, 6.45) is 0.701. The summed E-state index contributed by atoms with van der Waals surface area (Å²) in [4.78, 5) is 24.8. The van der Waals surface area contributed by atoms with Crippen molar-refractivity contribution < 1.29 is 14.1 Å². The molecule has 1 amide bonds. The lowest BCUT2D eigenvalue weighted by molar-refractivity contribution is -0.384. The summed E-state index contributed by atoms with van der Waals surface area (Å²) in [6.45, 7) is 2.45. The number of nitro benzene ring substituents is 1. The van der Waals surface area contributed by atoms with E-state index in [1.165, 1.54) is 23.1 Å². The molecular weight excluding hydrogens is 384 g/mol. The minimum Gasteiger partial charge on any atom is -0.419 e. The van der Waals surface area contributed by atoms with Crippen LogP contribution in [0.3, 0.4) is 0 Å². The fraction of sp³-hybridized carbons (Fsp3) is 0.211. The first-order valence-corrected chi connectivity index (χ1v) is 8.98. The SMILES string of the molecule is CCCN(Cc1nnc(-c2ccccc2Cl)o1)C(=O)c1cccc([N+](=O)[O-])c1. The highest BCUT2D eigenvalue weighted by Gasteiger charge is 2.21. The molecule has 0 spiro atoms. The molecule has 0 bridgehead atoms. The molecule has 0 aliphatic heterocycles. The first kappa shape index (κ1) is 19.5. The van der Waals surface area contributed by atoms with Crippen molar-refractivity contribution in [2.45, 2.75) is 19.9 Å². The van der Waals surface area contributed by atoms with Gasteiger partial charge in [-0.05, 0) is 24.6 Å². The van der Waals surface area contributed by atoms with Crippen molar-refractivity contribution in [3.8, 4) is 11.5 Å². The molecule has 0 aliphatic carbocycles. The summed E-state index contributed by atoms with van der Waals surface area (Å²) < 4.78 is 5.67. The molecular formula is C19H17ClN4O4. The van der Waals surface area contributed by atoms with Crippen LogP contribution in [0.2, 0.25) is 5.02 Å². The van der Waals surface area contributed by atoms with E-state index >= 15 is 0 Å². The van der Waals surface area contributed by atoms with Gasteiger partial charge in [-0.3, -0.25) is 14.9 Å². The molecule has 0 unspecified atom stereocenters. The van der Waals surface area contributed by atoms with E-state index in [1.807, 2.05) is 6.92 Å². The molecule has 9 heteroatoms. The number of carbonyl (C=O) groups is 1. The number of non-ortho nitro benzene ring substituents is 1. The van der Waals surface area contributed by atoms with E-state index in [1.54, 1.807) is 30.3 Å². The highest BCUT2D eigenvalue weighted by Crippen LogP contribution is 2.26. The van der Waals surface area contributed by atoms with Gasteiger partial charge in [0.2, 0.25) is 11.8 Å². The molecule has 0 aliphatic rings. The Morgan fingerprint density at radius 3 is 2.71 bits per heavy atom. The van der Waals surface area contributed by atoms with Gasteiger partial charge < -0.3 is 9.32 Å². The van der Waals surface area contributed by atoms with Crippen LogP contribution in [0.4, 0.5) is 5.69 Å². The minimum atomic E-state index is -0.533. The number of aromatic nitrogens is 2. The maximum absolute atomic E-state index is 12.8. The van der Waals surface area contributed by atoms with Gasteiger partial charge in [0.15, 0.2) is 0 Å². The highest BCUT2D eigenvalue weighted by atomic mass is 35.5. The number of carbonyl (C=O) groups excluding carboxylic acids is 1. The first-order chi connectivity index (χ1) is 13.5. The second-order valence-corrected chi connectivity index (χ2v) is 6.42. The predicted molar refractivity (Wildman–Crippen MR) is 103 cm³/mol. The molecule has 28 heavy (non-hydrogen) atoms. The Hall–Kier alpha value is -3.26. The molecule has 1 heterocycles. The molecule has 0 fully saturated rings. The number of hydrogen-bond acceptors (Lipinski definition) is 6. The molecule has 3 aromatic rings. The van der Waals surface area contributed by atoms with Crippen LogP contribution in [0, 0.1) is 10.1 Å². The van der Waals surface area contributed by atoms with E-state index < -0.39 is 4.92 Å². The third-order valence-electron chi connectivity index (χ3n) is 3.98. The van der Waals surface area contributed by atoms with Gasteiger partial charge in [-0.2, -0.15) is 0 Å². The zero-order valence-corrected chi connectivity index (χ0v) is 15.8. The summed E-state index contributed by atoms with van der Waals surface area (Å²) in [7, 11) is 0. The van der Waals surface area contributed by atoms with Crippen LogP contribution in [0.25, 0.3) is 11.5 Å². The standard InChI is InChI=1S/C19H17ClN4O4/c1-2-10-23(19(25)13-6-5-7-14(11-13)24(26)27)12-17-21-22-18(28-17)15-8-3-4-9-16(15)20/h3-9,11H,2,10,12H2,1H3. The second-order valence-electron chi connectivity index (χ2n) is 6.01. The summed E-state index contributed by atoms with van der Waals surface area (Å²) >= 11 is 6.15. The summed E-state index contributed by atoms with van der Waals surface area (Å²) in [5.41, 5.74) is 0.699. The van der Waals surface area contributed by atoms with E-state index in [0.717, 1.165) is 0 Å². The molecule has 8 nitrogen and oxygen atoms in total. The minimum absolute atomic E-state index is 0.0901. The Labute approximate surface area is 165 Å². The summed E-state index contributed by atoms with van der Waals surface area (Å²) in [5, 5.41) is 19.4. The van der Waals surface area contributed by atoms with Crippen LogP contribution in [0.1, 0.15) is 29.6 Å². The molecule has 0 atom stereocenters. The molecule has 0 saturated heterocycles. The molecule has 3 rings (SSSR count). The quantitative estimate of drug-likeness (QED) is 0.431. The topological polar surface area (TPSA) is 102 Å². The summed E-state index contributed by atoms with van der Waals surface area (Å²) in [5.74, 6) is 0.171. The average Bonchev–Trinajstić information content (AvgIpc) is 3.16. The van der Waals surface area contributed by atoms with Gasteiger partial charge >= 0.3 is 0 Å². The van der Waals surface area contributed by atoms with Gasteiger partial charge in [-0.15, -0.1) is 10.2 Å². The number of halogens is 1. The van der Waals surface area contributed by atoms with Crippen molar-refractivity contribution in [1.82, 2.24) is 15.1 Å². The number of nitrogens with zero attached hydrogens (tertiary/aromatic N) is 4. The molecule has 2 aromatic carbocycles. The number of nitro groups is 1. The fourth-order valence-corrected chi connectivity index (χ4v) is 2.90. The number of amides is 1. The smallest absolute Gasteiger partial charge is 0.270 e. The zero-order chi connectivity index (χ0) is 20.1. The van der Waals surface area contributed by atoms with Crippen molar-refractivity contribution in [2.24, 2.45) is 0 Å². The van der Waals surface area contributed by atoms with E-state index in [0.29, 0.717) is 23.6 Å². The molecule has 0 radical (unpaired) electrons. The number of rotatable bonds is 7. The Balaban J connectivity index is 1.82. The van der Waals surface area contributed by atoms with Gasteiger partial charge in [0.1, 0.15) is 0 Å². The lowest BCUT2D eigenvalue weighted by atomic mass is 10.1. The number of benzene rings is 2. The predicted octanol–water partition coefficient (Wildman–Crippen LogP) is 4.35. The van der Waals surface area contributed by atoms with Crippen molar-refractivity contribution in [2.75, 3.05) is 6.54 Å². The Kier molecular flexibility index (Phi) is 6.00.